The molecule has 5 nitrogen and oxygen atoms in total. The van der Waals surface area contributed by atoms with Crippen molar-refractivity contribution in [2.24, 2.45) is 5.73 Å². The predicted octanol–water partition coefficient (Wildman–Crippen LogP) is 0.143. The number of nitrogen functional groups attached to an aromatic ring is 1. The number of amidine groups is 1. The molecule has 0 unspecified atom stereocenters. The minimum absolute atomic E-state index is 0.0445. The third-order valence-electron chi connectivity index (χ3n) is 1.32. The number of rotatable bonds is 2. The van der Waals surface area contributed by atoms with Crippen LogP contribution in [0.4, 0.5) is 0 Å². The summed E-state index contributed by atoms with van der Waals surface area (Å²) in [6.07, 6.45) is 1.66. The van der Waals surface area contributed by atoms with E-state index in [1.807, 2.05) is 13.8 Å². The van der Waals surface area contributed by atoms with Gasteiger partial charge in [-0.1, -0.05) is 5.21 Å². The van der Waals surface area contributed by atoms with Gasteiger partial charge >= 0.3 is 0 Å². The summed E-state index contributed by atoms with van der Waals surface area (Å²) in [4.78, 5) is 0. The predicted molar refractivity (Wildman–Crippen MR) is 41.4 cm³/mol. The fraction of sp³-hybridized carbons (Fsp3) is 0.500. The Labute approximate surface area is 64.7 Å². The Balaban J connectivity index is 2.90. The maximum Gasteiger partial charge on any atom is 0.147 e. The van der Waals surface area contributed by atoms with Crippen molar-refractivity contribution in [2.75, 3.05) is 0 Å². The zero-order valence-corrected chi connectivity index (χ0v) is 6.57. The van der Waals surface area contributed by atoms with Crippen molar-refractivity contribution in [3.63, 3.8) is 0 Å². The van der Waals surface area contributed by atoms with E-state index in [9.17, 15) is 0 Å². The molecule has 0 atom stereocenters. The van der Waals surface area contributed by atoms with Crippen LogP contribution in [0.2, 0.25) is 0 Å². The third kappa shape index (κ3) is 1.54. The summed E-state index contributed by atoms with van der Waals surface area (Å²) in [5, 5.41) is 14.5. The summed E-state index contributed by atoms with van der Waals surface area (Å²) in [6, 6.07) is 0.260. The quantitative estimate of drug-likeness (QED) is 0.468. The summed E-state index contributed by atoms with van der Waals surface area (Å²) in [7, 11) is 0. The van der Waals surface area contributed by atoms with Gasteiger partial charge in [0.15, 0.2) is 0 Å². The van der Waals surface area contributed by atoms with Gasteiger partial charge in [-0.15, -0.1) is 5.10 Å². The number of hydrogen-bond donors (Lipinski definition) is 2. The molecule has 0 saturated carbocycles. The minimum Gasteiger partial charge on any atom is -0.382 e. The Morgan fingerprint density at radius 3 is 2.64 bits per heavy atom. The van der Waals surface area contributed by atoms with Crippen molar-refractivity contribution in [3.8, 4) is 0 Å². The molecule has 0 aromatic carbocycles. The molecule has 0 fully saturated rings. The van der Waals surface area contributed by atoms with Gasteiger partial charge in [0.05, 0.1) is 6.20 Å². The zero-order chi connectivity index (χ0) is 8.43. The van der Waals surface area contributed by atoms with E-state index in [2.05, 4.69) is 10.3 Å². The molecule has 0 bridgehead atoms. The second-order valence-electron chi connectivity index (χ2n) is 2.59. The first-order valence-corrected chi connectivity index (χ1v) is 3.37. The third-order valence-corrected chi connectivity index (χ3v) is 1.32. The van der Waals surface area contributed by atoms with Gasteiger partial charge in [-0.3, -0.25) is 5.41 Å². The van der Waals surface area contributed by atoms with Crippen LogP contribution in [0.15, 0.2) is 6.20 Å². The van der Waals surface area contributed by atoms with Crippen molar-refractivity contribution in [2.45, 2.75) is 19.9 Å². The van der Waals surface area contributed by atoms with E-state index in [1.54, 1.807) is 10.9 Å². The molecular formula is C6H11N5. The first-order chi connectivity index (χ1) is 5.11. The highest BCUT2D eigenvalue weighted by Crippen LogP contribution is 2.01. The molecule has 0 amide bonds. The second kappa shape index (κ2) is 2.69. The molecule has 0 saturated heterocycles. The van der Waals surface area contributed by atoms with Crippen LogP contribution in [0.25, 0.3) is 0 Å². The lowest BCUT2D eigenvalue weighted by molar-refractivity contribution is 0.514. The molecule has 0 aliphatic heterocycles. The van der Waals surface area contributed by atoms with E-state index >= 15 is 0 Å². The highest BCUT2D eigenvalue weighted by Gasteiger charge is 2.04. The topological polar surface area (TPSA) is 80.6 Å². The fourth-order valence-electron chi connectivity index (χ4n) is 0.653. The first-order valence-electron chi connectivity index (χ1n) is 3.37. The van der Waals surface area contributed by atoms with Gasteiger partial charge < -0.3 is 5.73 Å². The molecule has 1 aromatic heterocycles. The van der Waals surface area contributed by atoms with Crippen molar-refractivity contribution < 1.29 is 0 Å². The molecule has 5 heteroatoms. The molecule has 1 aromatic rings. The molecule has 0 spiro atoms. The SMILES string of the molecule is CC(C)n1cc(C(=N)N)nn1. The van der Waals surface area contributed by atoms with Crippen molar-refractivity contribution in [1.29, 1.82) is 5.41 Å². The number of nitrogens with zero attached hydrogens (tertiary/aromatic N) is 3. The van der Waals surface area contributed by atoms with Crippen LogP contribution >= 0.6 is 0 Å². The van der Waals surface area contributed by atoms with E-state index in [4.69, 9.17) is 11.1 Å². The Hall–Kier alpha value is -1.39. The average molecular weight is 153 g/mol. The van der Waals surface area contributed by atoms with Crippen molar-refractivity contribution in [1.82, 2.24) is 15.0 Å². The standard InChI is InChI=1S/C6H11N5/c1-4(2)11-3-5(6(7)8)9-10-11/h3-4H,1-2H3,(H3,7,8). The Morgan fingerprint density at radius 2 is 2.36 bits per heavy atom. The van der Waals surface area contributed by atoms with Gasteiger partial charge in [0, 0.05) is 6.04 Å². The van der Waals surface area contributed by atoms with Crippen LogP contribution < -0.4 is 5.73 Å². The van der Waals surface area contributed by atoms with E-state index < -0.39 is 0 Å². The minimum atomic E-state index is -0.0445. The highest BCUT2D eigenvalue weighted by atomic mass is 15.4. The van der Waals surface area contributed by atoms with Gasteiger partial charge in [0.25, 0.3) is 0 Å². The highest BCUT2D eigenvalue weighted by molar-refractivity contribution is 5.92. The van der Waals surface area contributed by atoms with Crippen molar-refractivity contribution >= 4 is 5.84 Å². The first kappa shape index (κ1) is 7.71. The molecular weight excluding hydrogens is 142 g/mol. The van der Waals surface area contributed by atoms with Crippen LogP contribution in [0, 0.1) is 5.41 Å². The van der Waals surface area contributed by atoms with Gasteiger partial charge in [0.2, 0.25) is 0 Å². The second-order valence-corrected chi connectivity index (χ2v) is 2.59. The van der Waals surface area contributed by atoms with E-state index in [0.717, 1.165) is 0 Å². The summed E-state index contributed by atoms with van der Waals surface area (Å²) in [5.74, 6) is -0.0445. The summed E-state index contributed by atoms with van der Waals surface area (Å²) in [5.41, 5.74) is 5.62. The Kier molecular flexibility index (Phi) is 1.89. The lowest BCUT2D eigenvalue weighted by Gasteiger charge is -2.00. The summed E-state index contributed by atoms with van der Waals surface area (Å²) in [6.45, 7) is 3.97. The normalized spacial score (nSPS) is 10.5. The van der Waals surface area contributed by atoms with Crippen LogP contribution in [0.1, 0.15) is 25.6 Å². The van der Waals surface area contributed by atoms with E-state index in [-0.39, 0.29) is 11.9 Å². The van der Waals surface area contributed by atoms with Crippen LogP contribution in [0.3, 0.4) is 0 Å². The van der Waals surface area contributed by atoms with Gasteiger partial charge in [-0.2, -0.15) is 0 Å². The van der Waals surface area contributed by atoms with Gasteiger partial charge in [-0.05, 0) is 13.8 Å². The monoisotopic (exact) mass is 153 g/mol. The molecule has 0 aliphatic carbocycles. The fourth-order valence-corrected chi connectivity index (χ4v) is 0.653. The van der Waals surface area contributed by atoms with Gasteiger partial charge in [-0.25, -0.2) is 4.68 Å². The Morgan fingerprint density at radius 1 is 1.73 bits per heavy atom. The molecule has 1 rings (SSSR count). The van der Waals surface area contributed by atoms with Crippen LogP contribution in [-0.2, 0) is 0 Å². The van der Waals surface area contributed by atoms with Crippen LogP contribution in [-0.4, -0.2) is 20.8 Å². The van der Waals surface area contributed by atoms with E-state index in [0.29, 0.717) is 5.69 Å². The van der Waals surface area contributed by atoms with E-state index in [1.165, 1.54) is 0 Å². The lowest BCUT2D eigenvalue weighted by atomic mass is 10.4. The molecule has 3 N–H and O–H groups in total. The smallest absolute Gasteiger partial charge is 0.147 e. The number of nitrogens with two attached hydrogens (primary N) is 1. The number of hydrogen-bond acceptors (Lipinski definition) is 3. The maximum absolute atomic E-state index is 7.05. The van der Waals surface area contributed by atoms with Crippen molar-refractivity contribution in [3.05, 3.63) is 11.9 Å². The maximum atomic E-state index is 7.05. The zero-order valence-electron chi connectivity index (χ0n) is 6.57. The molecule has 0 aliphatic rings. The summed E-state index contributed by atoms with van der Waals surface area (Å²) < 4.78 is 1.66. The molecule has 11 heavy (non-hydrogen) atoms. The van der Waals surface area contributed by atoms with Gasteiger partial charge in [0.1, 0.15) is 11.5 Å². The molecule has 1 heterocycles. The van der Waals surface area contributed by atoms with Crippen LogP contribution in [0.5, 0.6) is 0 Å². The lowest BCUT2D eigenvalue weighted by Crippen LogP contribution is -2.11. The Bertz CT molecular complexity index is 262. The largest absolute Gasteiger partial charge is 0.382 e. The average Bonchev–Trinajstić information content (AvgIpc) is 2.33. The molecule has 0 radical (unpaired) electrons. The molecule has 60 valence electrons. The number of aromatic nitrogens is 3. The number of nitrogens with one attached hydrogen (secondary N) is 1. The summed E-state index contributed by atoms with van der Waals surface area (Å²) >= 11 is 0.